The van der Waals surface area contributed by atoms with Gasteiger partial charge < -0.3 is 30.5 Å². The molecule has 0 aliphatic carbocycles. The molecule has 2 aliphatic heterocycles. The minimum Gasteiger partial charge on any atom is -0.387 e. The zero-order chi connectivity index (χ0) is 34.4. The van der Waals surface area contributed by atoms with Gasteiger partial charge in [-0.2, -0.15) is 0 Å². The number of aliphatic hydroxyl groups is 2. The number of amides is 1. The summed E-state index contributed by atoms with van der Waals surface area (Å²) in [6.07, 6.45) is -0.734. The molecule has 2 aliphatic rings. The van der Waals surface area contributed by atoms with Gasteiger partial charge in [0.1, 0.15) is 18.0 Å². The van der Waals surface area contributed by atoms with Gasteiger partial charge in [-0.3, -0.25) is 9.36 Å². The Kier molecular flexibility index (Phi) is 11.2. The quantitative estimate of drug-likeness (QED) is 0.130. The number of aromatic nitrogens is 4. The monoisotopic (exact) mass is 692 g/mol. The highest BCUT2D eigenvalue weighted by atomic mass is 32.2. The number of hydrogen-bond donors (Lipinski definition) is 5. The van der Waals surface area contributed by atoms with Crippen molar-refractivity contribution in [3.8, 4) is 0 Å². The van der Waals surface area contributed by atoms with Gasteiger partial charge in [0.05, 0.1) is 18.6 Å². The SMILES string of the molecule is CCNC(=O)[C@H]1O[C@@H](n2cnc3c(NCC(c4ccccc4)c4ccccc4)nc(CNS(=O)(=O)CCN4CCCCC4)nc32)[C@H](O)[C@@H]1O. The van der Waals surface area contributed by atoms with Gasteiger partial charge in [0, 0.05) is 25.6 Å². The molecule has 0 spiro atoms. The number of carbonyl (C=O) groups excluding carboxylic acids is 1. The van der Waals surface area contributed by atoms with Crippen LogP contribution in [0.5, 0.6) is 0 Å². The van der Waals surface area contributed by atoms with Crippen LogP contribution in [0.15, 0.2) is 67.0 Å². The summed E-state index contributed by atoms with van der Waals surface area (Å²) in [5, 5.41) is 27.7. The summed E-state index contributed by atoms with van der Waals surface area (Å²) in [5.74, 6) is -0.126. The van der Waals surface area contributed by atoms with Crippen molar-refractivity contribution in [2.24, 2.45) is 0 Å². The van der Waals surface area contributed by atoms with E-state index in [1.165, 1.54) is 17.3 Å². The van der Waals surface area contributed by atoms with Crippen LogP contribution in [0, 0.1) is 0 Å². The van der Waals surface area contributed by atoms with Gasteiger partial charge in [-0.25, -0.2) is 28.1 Å². The molecular formula is C34H44N8O6S. The van der Waals surface area contributed by atoms with Crippen molar-refractivity contribution < 1.29 is 28.2 Å². The van der Waals surface area contributed by atoms with E-state index in [1.807, 2.05) is 36.4 Å². The summed E-state index contributed by atoms with van der Waals surface area (Å²) in [6.45, 7) is 4.54. The third-order valence-corrected chi connectivity index (χ3v) is 10.3. The fourth-order valence-corrected chi connectivity index (χ4v) is 7.40. The molecule has 1 amide bonds. The van der Waals surface area contributed by atoms with Crippen LogP contribution in [-0.2, 0) is 26.1 Å². The highest BCUT2D eigenvalue weighted by Crippen LogP contribution is 2.33. The van der Waals surface area contributed by atoms with Crippen LogP contribution in [-0.4, -0.2) is 106 Å². The normalized spacial score (nSPS) is 21.7. The van der Waals surface area contributed by atoms with Crippen LogP contribution in [0.4, 0.5) is 5.82 Å². The lowest BCUT2D eigenvalue weighted by molar-refractivity contribution is -0.137. The van der Waals surface area contributed by atoms with Gasteiger partial charge >= 0.3 is 0 Å². The molecule has 4 atom stereocenters. The summed E-state index contributed by atoms with van der Waals surface area (Å²) in [6, 6.07) is 20.1. The van der Waals surface area contributed by atoms with Crippen molar-refractivity contribution in [2.45, 2.75) is 63.2 Å². The highest BCUT2D eigenvalue weighted by Gasteiger charge is 2.47. The number of hydrogen-bond acceptors (Lipinski definition) is 11. The summed E-state index contributed by atoms with van der Waals surface area (Å²) in [4.78, 5) is 28.6. The lowest BCUT2D eigenvalue weighted by atomic mass is 9.91. The Morgan fingerprint density at radius 3 is 2.31 bits per heavy atom. The molecule has 4 heterocycles. The minimum absolute atomic E-state index is 0.0463. The first kappa shape index (κ1) is 34.9. The molecule has 0 bridgehead atoms. The molecule has 2 aromatic carbocycles. The number of anilines is 1. The standard InChI is InChI=1S/C34H44N8O6S/c1-2-35-33(45)30-28(43)29(44)34(48-30)42-22-37-27-31(36-20-25(23-12-6-3-7-13-23)24-14-8-4-9-15-24)39-26(40-32(27)42)21-38-49(46,47)19-18-41-16-10-5-11-17-41/h3-4,6-9,12-15,22,25,28-30,34,38,43-44H,2,5,10-11,16-21H2,1H3,(H,35,45)(H,36,39,40)/t28-,29+,30-,34+/m0/s1. The van der Waals surface area contributed by atoms with Gasteiger partial charge in [0.2, 0.25) is 10.0 Å². The average molecular weight is 693 g/mol. The number of likely N-dealkylation sites (N-methyl/N-ethyl adjacent to an activating group) is 1. The van der Waals surface area contributed by atoms with Crippen molar-refractivity contribution >= 4 is 32.9 Å². The Morgan fingerprint density at radius 2 is 1.65 bits per heavy atom. The van der Waals surface area contributed by atoms with E-state index in [9.17, 15) is 23.4 Å². The summed E-state index contributed by atoms with van der Waals surface area (Å²) in [7, 11) is -3.65. The van der Waals surface area contributed by atoms with Gasteiger partial charge in [-0.1, -0.05) is 67.1 Å². The first-order valence-electron chi connectivity index (χ1n) is 16.8. The lowest BCUT2D eigenvalue weighted by Crippen LogP contribution is -2.42. The molecular weight excluding hydrogens is 648 g/mol. The Hall–Kier alpha value is -3.99. The number of ether oxygens (including phenoxy) is 1. The number of aliphatic hydroxyl groups excluding tert-OH is 2. The van der Waals surface area contributed by atoms with Crippen molar-refractivity contribution in [3.05, 3.63) is 83.9 Å². The second kappa shape index (κ2) is 15.7. The number of rotatable bonds is 14. The number of sulfonamides is 1. The summed E-state index contributed by atoms with van der Waals surface area (Å²) in [5.41, 5.74) is 2.77. The summed E-state index contributed by atoms with van der Waals surface area (Å²) < 4.78 is 36.0. The van der Waals surface area contributed by atoms with Crippen molar-refractivity contribution in [1.29, 1.82) is 0 Å². The Labute approximate surface area is 286 Å². The summed E-state index contributed by atoms with van der Waals surface area (Å²) >= 11 is 0. The van der Waals surface area contributed by atoms with E-state index in [-0.39, 0.29) is 29.7 Å². The lowest BCUT2D eigenvalue weighted by Gasteiger charge is -2.26. The van der Waals surface area contributed by atoms with Crippen molar-refractivity contribution in [1.82, 2.24) is 34.5 Å². The number of fused-ring (bicyclic) bond motifs is 1. The topological polar surface area (TPSA) is 184 Å². The number of likely N-dealkylation sites (tertiary alicyclic amines) is 1. The number of carbonyl (C=O) groups is 1. The fourth-order valence-electron chi connectivity index (χ4n) is 6.41. The number of nitrogens with one attached hydrogen (secondary N) is 3. The predicted molar refractivity (Wildman–Crippen MR) is 184 cm³/mol. The van der Waals surface area contributed by atoms with Crippen molar-refractivity contribution in [2.75, 3.05) is 43.8 Å². The Balaban J connectivity index is 1.30. The van der Waals surface area contributed by atoms with E-state index in [1.54, 1.807) is 6.92 Å². The maximum atomic E-state index is 13.0. The van der Waals surface area contributed by atoms with E-state index in [0.717, 1.165) is 37.1 Å². The van der Waals surface area contributed by atoms with Gasteiger partial charge in [-0.15, -0.1) is 0 Å². The molecule has 0 unspecified atom stereocenters. The van der Waals surface area contributed by atoms with Crippen LogP contribution in [0.2, 0.25) is 0 Å². The first-order valence-corrected chi connectivity index (χ1v) is 18.5. The Bertz CT molecular complexity index is 1760. The zero-order valence-corrected chi connectivity index (χ0v) is 28.3. The third kappa shape index (κ3) is 8.25. The van der Waals surface area contributed by atoms with E-state index >= 15 is 0 Å². The van der Waals surface area contributed by atoms with Gasteiger partial charge in [0.15, 0.2) is 29.3 Å². The van der Waals surface area contributed by atoms with E-state index in [0.29, 0.717) is 31.0 Å². The first-order chi connectivity index (χ1) is 23.7. The number of imidazole rings is 1. The van der Waals surface area contributed by atoms with Crippen LogP contribution in [0.25, 0.3) is 11.2 Å². The predicted octanol–water partition coefficient (Wildman–Crippen LogP) is 1.73. The van der Waals surface area contributed by atoms with E-state index in [4.69, 9.17) is 9.72 Å². The maximum absolute atomic E-state index is 13.0. The Morgan fingerprint density at radius 1 is 0.980 bits per heavy atom. The fraction of sp³-hybridized carbons (Fsp3) is 0.471. The van der Waals surface area contributed by atoms with E-state index < -0.39 is 40.5 Å². The molecule has 262 valence electrons. The second-order valence-corrected chi connectivity index (χ2v) is 14.4. The second-order valence-electron chi connectivity index (χ2n) is 12.4. The molecule has 49 heavy (non-hydrogen) atoms. The smallest absolute Gasteiger partial charge is 0.252 e. The zero-order valence-electron chi connectivity index (χ0n) is 27.5. The van der Waals surface area contributed by atoms with Crippen LogP contribution < -0.4 is 15.4 Å². The molecule has 2 fully saturated rings. The van der Waals surface area contributed by atoms with Crippen LogP contribution in [0.3, 0.4) is 0 Å². The largest absolute Gasteiger partial charge is 0.387 e. The number of piperidine rings is 1. The van der Waals surface area contributed by atoms with Crippen LogP contribution in [0.1, 0.15) is 55.3 Å². The van der Waals surface area contributed by atoms with Crippen molar-refractivity contribution in [3.63, 3.8) is 0 Å². The maximum Gasteiger partial charge on any atom is 0.252 e. The molecule has 5 N–H and O–H groups in total. The molecule has 4 aromatic rings. The molecule has 15 heteroatoms. The van der Waals surface area contributed by atoms with Crippen LogP contribution >= 0.6 is 0 Å². The molecule has 2 aromatic heterocycles. The molecule has 14 nitrogen and oxygen atoms in total. The third-order valence-electron chi connectivity index (χ3n) is 9.04. The minimum atomic E-state index is -3.65. The molecule has 0 saturated carbocycles. The number of nitrogens with zero attached hydrogens (tertiary/aromatic N) is 5. The average Bonchev–Trinajstić information content (AvgIpc) is 3.68. The highest BCUT2D eigenvalue weighted by molar-refractivity contribution is 7.89. The van der Waals surface area contributed by atoms with Gasteiger partial charge in [0.25, 0.3) is 5.91 Å². The molecule has 2 saturated heterocycles. The molecule has 0 radical (unpaired) electrons. The number of benzene rings is 2. The van der Waals surface area contributed by atoms with E-state index in [2.05, 4.69) is 54.5 Å². The van der Waals surface area contributed by atoms with Gasteiger partial charge in [-0.05, 0) is 44.0 Å². The molecule has 6 rings (SSSR count).